The zero-order chi connectivity index (χ0) is 19.4. The number of nitrogens with one attached hydrogen (secondary N) is 1. The second-order valence-corrected chi connectivity index (χ2v) is 6.43. The largest absolute Gasteiger partial charge is 0.449 e. The maximum absolute atomic E-state index is 13.3. The first-order valence-electron chi connectivity index (χ1n) is 7.92. The topological polar surface area (TPSA) is 68.3 Å². The van der Waals surface area contributed by atoms with Crippen LogP contribution in [-0.4, -0.2) is 23.0 Å². The Balaban J connectivity index is 1.63. The average Bonchev–Trinajstić information content (AvgIpc) is 3.13. The zero-order valence-corrected chi connectivity index (χ0v) is 14.9. The van der Waals surface area contributed by atoms with Gasteiger partial charge in [-0.2, -0.15) is 0 Å². The predicted octanol–water partition coefficient (Wildman–Crippen LogP) is 4.27. The number of aromatic nitrogens is 1. The summed E-state index contributed by atoms with van der Waals surface area (Å²) < 4.78 is 31.5. The van der Waals surface area contributed by atoms with Gasteiger partial charge in [0.15, 0.2) is 22.9 Å². The van der Waals surface area contributed by atoms with Gasteiger partial charge in [0.1, 0.15) is 0 Å². The van der Waals surface area contributed by atoms with E-state index >= 15 is 0 Å². The lowest BCUT2D eigenvalue weighted by Gasteiger charge is -2.12. The molecule has 0 bridgehead atoms. The summed E-state index contributed by atoms with van der Waals surface area (Å²) in [4.78, 5) is 28.3. The molecule has 0 saturated carbocycles. The fourth-order valence-electron chi connectivity index (χ4n) is 2.18. The Hall–Kier alpha value is -3.13. The minimum Gasteiger partial charge on any atom is -0.449 e. The number of nitrogens with zero attached hydrogens (tertiary/aromatic N) is 1. The molecule has 0 fully saturated rings. The number of halogens is 2. The molecule has 0 radical (unpaired) electrons. The molecule has 3 aromatic rings. The molecule has 0 aliphatic carbocycles. The summed E-state index contributed by atoms with van der Waals surface area (Å²) in [6, 6.07) is 11.7. The number of amides is 1. The van der Waals surface area contributed by atoms with Crippen LogP contribution in [0.2, 0.25) is 0 Å². The number of rotatable bonds is 5. The van der Waals surface area contributed by atoms with Gasteiger partial charge in [-0.15, -0.1) is 11.3 Å². The van der Waals surface area contributed by atoms with E-state index < -0.39 is 29.6 Å². The van der Waals surface area contributed by atoms with Crippen molar-refractivity contribution in [2.24, 2.45) is 0 Å². The smallest absolute Gasteiger partial charge is 0.338 e. The van der Waals surface area contributed by atoms with Crippen LogP contribution in [0.5, 0.6) is 0 Å². The number of hydrogen-bond donors (Lipinski definition) is 1. The fourth-order valence-corrected chi connectivity index (χ4v) is 2.91. The van der Waals surface area contributed by atoms with Gasteiger partial charge in [0.2, 0.25) is 0 Å². The third-order valence-electron chi connectivity index (χ3n) is 3.61. The quantitative estimate of drug-likeness (QED) is 0.663. The monoisotopic (exact) mass is 388 g/mol. The van der Waals surface area contributed by atoms with E-state index in [0.717, 1.165) is 23.5 Å². The van der Waals surface area contributed by atoms with E-state index in [0.29, 0.717) is 16.8 Å². The van der Waals surface area contributed by atoms with Gasteiger partial charge >= 0.3 is 5.97 Å². The minimum absolute atomic E-state index is 0.252. The molecule has 1 heterocycles. The number of carbonyl (C=O) groups excluding carboxylic acids is 2. The van der Waals surface area contributed by atoms with E-state index in [-0.39, 0.29) is 5.13 Å². The van der Waals surface area contributed by atoms with Gasteiger partial charge in [0, 0.05) is 10.9 Å². The van der Waals surface area contributed by atoms with Crippen molar-refractivity contribution >= 4 is 28.3 Å². The molecule has 0 aliphatic heterocycles. The summed E-state index contributed by atoms with van der Waals surface area (Å²) in [5.74, 6) is -3.09. The molecule has 5 nitrogen and oxygen atoms in total. The molecule has 27 heavy (non-hydrogen) atoms. The lowest BCUT2D eigenvalue weighted by atomic mass is 10.2. The second-order valence-electron chi connectivity index (χ2n) is 5.57. The molecule has 0 aliphatic rings. The Morgan fingerprint density at radius 1 is 1.11 bits per heavy atom. The zero-order valence-electron chi connectivity index (χ0n) is 14.1. The van der Waals surface area contributed by atoms with Crippen LogP contribution in [0.3, 0.4) is 0 Å². The van der Waals surface area contributed by atoms with Crippen molar-refractivity contribution in [3.05, 3.63) is 71.1 Å². The van der Waals surface area contributed by atoms with Gasteiger partial charge in [0.25, 0.3) is 5.91 Å². The van der Waals surface area contributed by atoms with Crippen molar-refractivity contribution < 1.29 is 23.1 Å². The summed E-state index contributed by atoms with van der Waals surface area (Å²) in [6.07, 6.45) is -1.03. The molecule has 1 amide bonds. The van der Waals surface area contributed by atoms with Crippen LogP contribution in [-0.2, 0) is 9.53 Å². The van der Waals surface area contributed by atoms with Crippen molar-refractivity contribution in [2.45, 2.75) is 13.0 Å². The van der Waals surface area contributed by atoms with Crippen molar-refractivity contribution in [1.82, 2.24) is 4.98 Å². The Labute approximate surface area is 157 Å². The molecule has 1 N–H and O–H groups in total. The summed E-state index contributed by atoms with van der Waals surface area (Å²) in [7, 11) is 0. The van der Waals surface area contributed by atoms with E-state index in [4.69, 9.17) is 4.74 Å². The van der Waals surface area contributed by atoms with E-state index in [9.17, 15) is 18.4 Å². The fraction of sp³-hybridized carbons (Fsp3) is 0.105. The molecule has 8 heteroatoms. The third kappa shape index (κ3) is 4.53. The molecule has 0 spiro atoms. The highest BCUT2D eigenvalue weighted by molar-refractivity contribution is 7.14. The van der Waals surface area contributed by atoms with Gasteiger partial charge in [-0.05, 0) is 37.3 Å². The number of anilines is 1. The van der Waals surface area contributed by atoms with Crippen LogP contribution in [0, 0.1) is 11.6 Å². The highest BCUT2D eigenvalue weighted by atomic mass is 32.1. The van der Waals surface area contributed by atoms with Gasteiger partial charge < -0.3 is 4.74 Å². The van der Waals surface area contributed by atoms with Gasteiger partial charge in [0.05, 0.1) is 11.3 Å². The summed E-state index contributed by atoms with van der Waals surface area (Å²) >= 11 is 1.12. The van der Waals surface area contributed by atoms with Crippen molar-refractivity contribution in [2.75, 3.05) is 5.32 Å². The number of benzene rings is 2. The van der Waals surface area contributed by atoms with Crippen LogP contribution >= 0.6 is 11.3 Å². The number of thiazole rings is 1. The van der Waals surface area contributed by atoms with Crippen molar-refractivity contribution in [3.63, 3.8) is 0 Å². The first-order chi connectivity index (χ1) is 12.9. The van der Waals surface area contributed by atoms with Crippen molar-refractivity contribution in [3.8, 4) is 11.3 Å². The Morgan fingerprint density at radius 2 is 1.85 bits per heavy atom. The van der Waals surface area contributed by atoms with Crippen LogP contribution in [0.25, 0.3) is 11.3 Å². The highest BCUT2D eigenvalue weighted by Crippen LogP contribution is 2.26. The Kier molecular flexibility index (Phi) is 5.56. The number of carbonyl (C=O) groups is 2. The predicted molar refractivity (Wildman–Crippen MR) is 97.4 cm³/mol. The van der Waals surface area contributed by atoms with Crippen LogP contribution < -0.4 is 5.32 Å². The minimum atomic E-state index is -1.03. The molecule has 1 aromatic heterocycles. The van der Waals surface area contributed by atoms with E-state index in [1.807, 2.05) is 0 Å². The van der Waals surface area contributed by atoms with E-state index in [2.05, 4.69) is 10.3 Å². The molecule has 138 valence electrons. The second kappa shape index (κ2) is 8.05. The van der Waals surface area contributed by atoms with Gasteiger partial charge in [-0.1, -0.05) is 18.2 Å². The highest BCUT2D eigenvalue weighted by Gasteiger charge is 2.20. The molecule has 3 rings (SSSR count). The summed E-state index contributed by atoms with van der Waals surface area (Å²) in [6.45, 7) is 1.44. The molecule has 0 unspecified atom stereocenters. The number of hydrogen-bond acceptors (Lipinski definition) is 5. The normalized spacial score (nSPS) is 11.7. The maximum Gasteiger partial charge on any atom is 0.338 e. The first kappa shape index (κ1) is 18.7. The number of ether oxygens (including phenoxy) is 1. The van der Waals surface area contributed by atoms with Crippen molar-refractivity contribution in [1.29, 1.82) is 0 Å². The Morgan fingerprint density at radius 3 is 2.56 bits per heavy atom. The molecule has 0 saturated heterocycles. The standard InChI is InChI=1S/C19H14F2N2O3S/c1-11(26-18(25)12-5-3-2-4-6-12)17(24)23-19-22-16(10-27-19)13-7-8-14(20)15(21)9-13/h2-11H,1H3,(H,22,23,24)/t11-/m1/s1. The maximum atomic E-state index is 13.3. The molecule has 2 aromatic carbocycles. The Bertz CT molecular complexity index is 976. The van der Waals surface area contributed by atoms with Crippen LogP contribution in [0.4, 0.5) is 13.9 Å². The average molecular weight is 388 g/mol. The van der Waals surface area contributed by atoms with E-state index in [1.54, 1.807) is 35.7 Å². The SMILES string of the molecule is C[C@@H](OC(=O)c1ccccc1)C(=O)Nc1nc(-c2ccc(F)c(F)c2)cs1. The molecular formula is C19H14F2N2O3S. The van der Waals surface area contributed by atoms with Crippen LogP contribution in [0.1, 0.15) is 17.3 Å². The molecule has 1 atom stereocenters. The van der Waals surface area contributed by atoms with Crippen LogP contribution in [0.15, 0.2) is 53.9 Å². The first-order valence-corrected chi connectivity index (χ1v) is 8.80. The third-order valence-corrected chi connectivity index (χ3v) is 4.37. The molecular weight excluding hydrogens is 374 g/mol. The number of esters is 1. The lowest BCUT2D eigenvalue weighted by Crippen LogP contribution is -2.29. The van der Waals surface area contributed by atoms with E-state index in [1.165, 1.54) is 13.0 Å². The van der Waals surface area contributed by atoms with Gasteiger partial charge in [-0.3, -0.25) is 10.1 Å². The summed E-state index contributed by atoms with van der Waals surface area (Å²) in [5.41, 5.74) is 1.12. The van der Waals surface area contributed by atoms with Gasteiger partial charge in [-0.25, -0.2) is 18.6 Å². The summed E-state index contributed by atoms with van der Waals surface area (Å²) in [5, 5.41) is 4.39. The lowest BCUT2D eigenvalue weighted by molar-refractivity contribution is -0.123.